The highest BCUT2D eigenvalue weighted by molar-refractivity contribution is 5.74. The number of rotatable bonds is 50. The van der Waals surface area contributed by atoms with Crippen LogP contribution in [0.2, 0.25) is 0 Å². The zero-order valence-corrected chi connectivity index (χ0v) is 45.5. The maximum absolute atomic E-state index is 13.1. The van der Waals surface area contributed by atoms with Gasteiger partial charge in [-0.1, -0.05) is 218 Å². The zero-order valence-electron chi connectivity index (χ0n) is 45.5. The molecular weight excluding hydrogens is 901 g/mol. The van der Waals surface area contributed by atoms with Crippen molar-refractivity contribution in [1.82, 2.24) is 0 Å². The number of aliphatic carboxylic acids is 1. The van der Waals surface area contributed by atoms with Crippen molar-refractivity contribution in [3.8, 4) is 0 Å². The van der Waals surface area contributed by atoms with Gasteiger partial charge in [0.05, 0.1) is 6.61 Å². The molecule has 12 nitrogen and oxygen atoms in total. The average molecular weight is 1010 g/mol. The van der Waals surface area contributed by atoms with E-state index in [2.05, 4.69) is 45.1 Å². The molecule has 1 fully saturated rings. The van der Waals surface area contributed by atoms with E-state index in [0.717, 1.165) is 83.5 Å². The number of aliphatic hydroxyl groups excluding tert-OH is 2. The number of hydrogen-bond donors (Lipinski definition) is 3. The molecule has 0 aromatic carbocycles. The maximum Gasteiger partial charge on any atom is 0.335 e. The van der Waals surface area contributed by atoms with Gasteiger partial charge in [0.15, 0.2) is 24.6 Å². The quantitative estimate of drug-likeness (QED) is 0.0228. The van der Waals surface area contributed by atoms with Gasteiger partial charge >= 0.3 is 23.9 Å². The van der Waals surface area contributed by atoms with Crippen LogP contribution in [0.4, 0.5) is 0 Å². The lowest BCUT2D eigenvalue weighted by molar-refractivity contribution is -0.301. The van der Waals surface area contributed by atoms with Gasteiger partial charge in [-0.2, -0.15) is 0 Å². The highest BCUT2D eigenvalue weighted by Crippen LogP contribution is 2.26. The Hall–Kier alpha value is -2.80. The first-order valence-electron chi connectivity index (χ1n) is 29.3. The molecule has 1 heterocycles. The Bertz CT molecular complexity index is 1340. The summed E-state index contributed by atoms with van der Waals surface area (Å²) in [7, 11) is 0. The zero-order chi connectivity index (χ0) is 51.8. The molecule has 0 aromatic heterocycles. The van der Waals surface area contributed by atoms with E-state index in [1.807, 2.05) is 0 Å². The Morgan fingerprint density at radius 2 is 0.817 bits per heavy atom. The second-order valence-electron chi connectivity index (χ2n) is 20.3. The van der Waals surface area contributed by atoms with Crippen molar-refractivity contribution in [3.63, 3.8) is 0 Å². The summed E-state index contributed by atoms with van der Waals surface area (Å²) >= 11 is 0. The number of carboxylic acid groups (broad SMARTS) is 1. The fourth-order valence-corrected chi connectivity index (χ4v) is 8.93. The number of ether oxygens (including phenoxy) is 5. The van der Waals surface area contributed by atoms with Crippen LogP contribution in [-0.2, 0) is 42.9 Å². The van der Waals surface area contributed by atoms with Gasteiger partial charge in [0.2, 0.25) is 0 Å². The van der Waals surface area contributed by atoms with Crippen LogP contribution in [-0.4, -0.2) is 89.2 Å². The molecular formula is C59H106O12. The average Bonchev–Trinajstić information content (AvgIpc) is 3.35. The normalized spacial score (nSPS) is 18.6. The van der Waals surface area contributed by atoms with E-state index < -0.39 is 67.3 Å². The Morgan fingerprint density at radius 1 is 0.451 bits per heavy atom. The van der Waals surface area contributed by atoms with Crippen LogP contribution >= 0.6 is 0 Å². The van der Waals surface area contributed by atoms with Crippen LogP contribution < -0.4 is 0 Å². The number of carbonyl (C=O) groups excluding carboxylic acids is 3. The van der Waals surface area contributed by atoms with Gasteiger partial charge in [0.25, 0.3) is 0 Å². The van der Waals surface area contributed by atoms with Gasteiger partial charge < -0.3 is 39.0 Å². The minimum absolute atomic E-state index is 0.0649. The standard InChI is InChI=1S/C59H106O12/c1-4-7-10-13-16-19-22-23-24-25-26-27-28-29-32-33-36-39-42-45-51(60)67-48-50(69-52(61)46-43-40-37-34-30-20-17-14-11-8-5-2)49-68-59-57(55(64)54(63)56(71-59)58(65)66)70-53(62)47-44-41-38-35-31-21-18-15-12-9-6-3/h14,17,23-24,50,54-57,59,63-64H,4-13,15-16,18-22,25-49H2,1-3H3,(H,65,66)/b17-14-,24-23-. The van der Waals surface area contributed by atoms with E-state index in [9.17, 15) is 34.5 Å². The molecule has 0 aromatic rings. The summed E-state index contributed by atoms with van der Waals surface area (Å²) in [6.07, 6.45) is 41.6. The minimum Gasteiger partial charge on any atom is -0.479 e. The first-order valence-corrected chi connectivity index (χ1v) is 29.3. The van der Waals surface area contributed by atoms with Crippen molar-refractivity contribution in [3.05, 3.63) is 24.3 Å². The summed E-state index contributed by atoms with van der Waals surface area (Å²) in [5.74, 6) is -3.11. The lowest BCUT2D eigenvalue weighted by Gasteiger charge is -2.40. The SMILES string of the molecule is CCCC/C=C\CCCCCCCC(=O)OC(COC(=O)CCCCCCCCCCC/C=C\CCCCCCCC)COC1OC(C(=O)O)C(O)C(O)C1OC(=O)CCCCCCCCCCCCC. The molecule has 0 aliphatic carbocycles. The largest absolute Gasteiger partial charge is 0.479 e. The fraction of sp³-hybridized carbons (Fsp3) is 0.864. The van der Waals surface area contributed by atoms with Gasteiger partial charge in [0, 0.05) is 19.3 Å². The number of unbranched alkanes of at least 4 members (excludes halogenated alkanes) is 32. The Labute approximate surface area is 432 Å². The van der Waals surface area contributed by atoms with Gasteiger partial charge in [-0.15, -0.1) is 0 Å². The number of hydrogen-bond acceptors (Lipinski definition) is 11. The van der Waals surface area contributed by atoms with Crippen LogP contribution in [0.1, 0.15) is 278 Å². The van der Waals surface area contributed by atoms with Gasteiger partial charge in [-0.3, -0.25) is 14.4 Å². The second kappa shape index (κ2) is 48.2. The van der Waals surface area contributed by atoms with E-state index in [-0.39, 0.29) is 25.9 Å². The molecule has 0 spiro atoms. The molecule has 1 saturated heterocycles. The van der Waals surface area contributed by atoms with Crippen molar-refractivity contribution in [1.29, 1.82) is 0 Å². The van der Waals surface area contributed by atoms with Crippen molar-refractivity contribution in [2.75, 3.05) is 13.2 Å². The molecule has 0 bridgehead atoms. The first-order chi connectivity index (χ1) is 34.6. The third-order valence-corrected chi connectivity index (χ3v) is 13.5. The molecule has 6 atom stereocenters. The molecule has 0 radical (unpaired) electrons. The molecule has 0 amide bonds. The predicted molar refractivity (Wildman–Crippen MR) is 285 cm³/mol. The van der Waals surface area contributed by atoms with Crippen LogP contribution in [0, 0.1) is 0 Å². The van der Waals surface area contributed by atoms with Crippen LogP contribution in [0.15, 0.2) is 24.3 Å². The topological polar surface area (TPSA) is 175 Å². The molecule has 0 saturated carbocycles. The lowest BCUT2D eigenvalue weighted by atomic mass is 9.98. The molecule has 3 N–H and O–H groups in total. The third kappa shape index (κ3) is 38.4. The van der Waals surface area contributed by atoms with E-state index in [1.165, 1.54) is 135 Å². The molecule has 1 aliphatic heterocycles. The summed E-state index contributed by atoms with van der Waals surface area (Å²) in [5, 5.41) is 31.4. The monoisotopic (exact) mass is 1010 g/mol. The van der Waals surface area contributed by atoms with Crippen LogP contribution in [0.5, 0.6) is 0 Å². The summed E-state index contributed by atoms with van der Waals surface area (Å²) in [6, 6.07) is 0. The molecule has 6 unspecified atom stereocenters. The van der Waals surface area contributed by atoms with Crippen molar-refractivity contribution in [2.24, 2.45) is 0 Å². The van der Waals surface area contributed by atoms with Crippen molar-refractivity contribution < 1.29 is 58.2 Å². The highest BCUT2D eigenvalue weighted by atomic mass is 16.7. The number of aliphatic hydroxyl groups is 2. The van der Waals surface area contributed by atoms with E-state index >= 15 is 0 Å². The minimum atomic E-state index is -1.90. The Balaban J connectivity index is 2.64. The third-order valence-electron chi connectivity index (χ3n) is 13.5. The van der Waals surface area contributed by atoms with Gasteiger partial charge in [-0.05, 0) is 64.2 Å². The van der Waals surface area contributed by atoms with E-state index in [0.29, 0.717) is 19.3 Å². The van der Waals surface area contributed by atoms with Gasteiger partial charge in [-0.25, -0.2) is 4.79 Å². The van der Waals surface area contributed by atoms with Gasteiger partial charge in [0.1, 0.15) is 18.8 Å². The summed E-state index contributed by atoms with van der Waals surface area (Å²) < 4.78 is 28.4. The molecule has 12 heteroatoms. The van der Waals surface area contributed by atoms with Crippen LogP contribution in [0.3, 0.4) is 0 Å². The number of allylic oxidation sites excluding steroid dienone is 4. The number of carbonyl (C=O) groups is 4. The van der Waals surface area contributed by atoms with Crippen LogP contribution in [0.25, 0.3) is 0 Å². The van der Waals surface area contributed by atoms with E-state index in [1.54, 1.807) is 0 Å². The maximum atomic E-state index is 13.1. The lowest BCUT2D eigenvalue weighted by Crippen LogP contribution is -2.61. The van der Waals surface area contributed by atoms with Crippen molar-refractivity contribution in [2.45, 2.75) is 314 Å². The Morgan fingerprint density at radius 3 is 1.24 bits per heavy atom. The highest BCUT2D eigenvalue weighted by Gasteiger charge is 2.50. The number of esters is 3. The molecule has 1 rings (SSSR count). The number of carboxylic acids is 1. The Kier molecular flexibility index (Phi) is 44.9. The van der Waals surface area contributed by atoms with Crippen molar-refractivity contribution >= 4 is 23.9 Å². The smallest absolute Gasteiger partial charge is 0.335 e. The molecule has 1 aliphatic rings. The molecule has 414 valence electrons. The summed E-state index contributed by atoms with van der Waals surface area (Å²) in [5.41, 5.74) is 0. The first kappa shape index (κ1) is 66.2. The fourth-order valence-electron chi connectivity index (χ4n) is 8.93. The summed E-state index contributed by atoms with van der Waals surface area (Å²) in [4.78, 5) is 51.0. The summed E-state index contributed by atoms with van der Waals surface area (Å²) in [6.45, 7) is 5.94. The van der Waals surface area contributed by atoms with E-state index in [4.69, 9.17) is 23.7 Å². The second-order valence-corrected chi connectivity index (χ2v) is 20.3. The molecule has 71 heavy (non-hydrogen) atoms. The predicted octanol–water partition coefficient (Wildman–Crippen LogP) is 14.7.